The Balaban J connectivity index is 3.87. The molecule has 0 aromatic rings. The van der Waals surface area contributed by atoms with Crippen molar-refractivity contribution >= 4 is 15.5 Å². The molecule has 0 amide bonds. The second kappa shape index (κ2) is 7.05. The number of esters is 1. The molecule has 76 valence electrons. The van der Waals surface area contributed by atoms with Crippen LogP contribution < -0.4 is 0 Å². The molecule has 0 aliphatic rings. The first-order chi connectivity index (χ1) is 6.13. The minimum Gasteiger partial charge on any atom is -0.467 e. The summed E-state index contributed by atoms with van der Waals surface area (Å²) in [4.78, 5) is 10.7. The summed E-state index contributed by atoms with van der Waals surface area (Å²) in [6.07, 6.45) is 0.779. The quantitative estimate of drug-likeness (QED) is 0.360. The van der Waals surface area contributed by atoms with Crippen LogP contribution in [0.25, 0.3) is 0 Å². The number of ether oxygens (including phenoxy) is 3. The van der Waals surface area contributed by atoms with Gasteiger partial charge in [-0.05, 0) is 6.42 Å². The van der Waals surface area contributed by atoms with E-state index in [0.29, 0.717) is 9.52 Å². The maximum atomic E-state index is 10.7. The highest BCUT2D eigenvalue weighted by molar-refractivity contribution is 6.38. The molecule has 5 heteroatoms. The van der Waals surface area contributed by atoms with Gasteiger partial charge in [-0.3, -0.25) is 4.79 Å². The highest BCUT2D eigenvalue weighted by atomic mass is 28.2. The SMILES string of the molecule is CCC(OC(C)=O)[Si]C(OC)OC. The lowest BCUT2D eigenvalue weighted by Gasteiger charge is -2.19. The van der Waals surface area contributed by atoms with Crippen molar-refractivity contribution in [3.05, 3.63) is 0 Å². The zero-order chi connectivity index (χ0) is 10.3. The molecule has 0 heterocycles. The first-order valence-electron chi connectivity index (χ1n) is 4.12. The molecule has 2 radical (unpaired) electrons. The van der Waals surface area contributed by atoms with Crippen molar-refractivity contribution in [3.8, 4) is 0 Å². The Bertz CT molecular complexity index is 147. The summed E-state index contributed by atoms with van der Waals surface area (Å²) in [5.74, 6) is -0.533. The number of carbonyl (C=O) groups is 1. The molecule has 0 fully saturated rings. The molecule has 0 aliphatic carbocycles. The van der Waals surface area contributed by atoms with Gasteiger partial charge in [0.1, 0.15) is 5.91 Å². The van der Waals surface area contributed by atoms with Crippen LogP contribution in [0.2, 0.25) is 0 Å². The van der Waals surface area contributed by atoms with E-state index in [9.17, 15) is 4.79 Å². The summed E-state index contributed by atoms with van der Waals surface area (Å²) in [6.45, 7) is 3.37. The maximum absolute atomic E-state index is 10.7. The summed E-state index contributed by atoms with van der Waals surface area (Å²) < 4.78 is 15.1. The molecule has 0 spiro atoms. The predicted molar refractivity (Wildman–Crippen MR) is 49.4 cm³/mol. The van der Waals surface area contributed by atoms with Gasteiger partial charge >= 0.3 is 5.97 Å². The lowest BCUT2D eigenvalue weighted by atomic mass is 10.5. The van der Waals surface area contributed by atoms with Gasteiger partial charge in [0.25, 0.3) is 0 Å². The summed E-state index contributed by atoms with van der Waals surface area (Å²) in [5, 5.41) is 0. The predicted octanol–water partition coefficient (Wildman–Crippen LogP) is 0.566. The average Bonchev–Trinajstić information content (AvgIpc) is 2.11. The van der Waals surface area contributed by atoms with Crippen LogP contribution in [0, 0.1) is 0 Å². The third-order valence-corrected chi connectivity index (χ3v) is 3.07. The molecule has 0 rings (SSSR count). The van der Waals surface area contributed by atoms with Crippen LogP contribution in [0.3, 0.4) is 0 Å². The number of hydrogen-bond donors (Lipinski definition) is 0. The number of carbonyl (C=O) groups excluding carboxylic acids is 1. The Hall–Kier alpha value is -0.393. The van der Waals surface area contributed by atoms with Gasteiger partial charge in [0.2, 0.25) is 0 Å². The number of rotatable bonds is 6. The van der Waals surface area contributed by atoms with Gasteiger partial charge in [-0.1, -0.05) is 6.92 Å². The van der Waals surface area contributed by atoms with Crippen molar-refractivity contribution in [2.75, 3.05) is 14.2 Å². The van der Waals surface area contributed by atoms with Crippen LogP contribution in [0.1, 0.15) is 20.3 Å². The molecule has 0 aromatic carbocycles. The molecular weight excluding hydrogens is 188 g/mol. The Morgan fingerprint density at radius 2 is 1.92 bits per heavy atom. The van der Waals surface area contributed by atoms with Crippen molar-refractivity contribution in [3.63, 3.8) is 0 Å². The third kappa shape index (κ3) is 5.79. The highest BCUT2D eigenvalue weighted by Crippen LogP contribution is 2.01. The minimum absolute atomic E-state index is 0.0950. The highest BCUT2D eigenvalue weighted by Gasteiger charge is 2.18. The van der Waals surface area contributed by atoms with Crippen molar-refractivity contribution in [2.24, 2.45) is 0 Å². The normalized spacial score (nSPS) is 13.0. The Labute approximate surface area is 81.4 Å². The van der Waals surface area contributed by atoms with Crippen LogP contribution in [-0.2, 0) is 19.0 Å². The zero-order valence-electron chi connectivity index (χ0n) is 8.49. The topological polar surface area (TPSA) is 44.8 Å². The smallest absolute Gasteiger partial charge is 0.302 e. The van der Waals surface area contributed by atoms with E-state index >= 15 is 0 Å². The molecular formula is C8H16O4Si. The molecule has 4 nitrogen and oxygen atoms in total. The van der Waals surface area contributed by atoms with E-state index in [4.69, 9.17) is 14.2 Å². The van der Waals surface area contributed by atoms with Crippen LogP contribution in [0.5, 0.6) is 0 Å². The molecule has 0 aliphatic heterocycles. The van der Waals surface area contributed by atoms with Gasteiger partial charge in [-0.2, -0.15) is 0 Å². The van der Waals surface area contributed by atoms with E-state index in [-0.39, 0.29) is 17.6 Å². The first kappa shape index (κ1) is 12.6. The fraction of sp³-hybridized carbons (Fsp3) is 0.875. The van der Waals surface area contributed by atoms with E-state index in [2.05, 4.69) is 0 Å². The number of methoxy groups -OCH3 is 2. The zero-order valence-corrected chi connectivity index (χ0v) is 9.49. The summed E-state index contributed by atoms with van der Waals surface area (Å²) in [7, 11) is 3.46. The van der Waals surface area contributed by atoms with Crippen LogP contribution >= 0.6 is 0 Å². The summed E-state index contributed by atoms with van der Waals surface area (Å²) in [6, 6.07) is 0. The molecule has 0 saturated carbocycles. The van der Waals surface area contributed by atoms with Gasteiger partial charge < -0.3 is 14.2 Å². The summed E-state index contributed by atoms with van der Waals surface area (Å²) >= 11 is 0. The third-order valence-electron chi connectivity index (χ3n) is 1.43. The molecule has 13 heavy (non-hydrogen) atoms. The molecule has 0 aromatic heterocycles. The standard InChI is InChI=1S/C8H16O4Si/c1-5-7(12-6(2)9)13-8(10-3)11-4/h7-8H,5H2,1-4H3. The molecule has 1 atom stereocenters. The monoisotopic (exact) mass is 204 g/mol. The van der Waals surface area contributed by atoms with Crippen molar-refractivity contribution in [2.45, 2.75) is 31.9 Å². The average molecular weight is 204 g/mol. The first-order valence-corrected chi connectivity index (χ1v) is 5.28. The molecule has 1 unspecified atom stereocenters. The van der Waals surface area contributed by atoms with Crippen molar-refractivity contribution < 1.29 is 19.0 Å². The van der Waals surface area contributed by atoms with Crippen LogP contribution in [0.15, 0.2) is 0 Å². The second-order valence-electron chi connectivity index (χ2n) is 2.48. The van der Waals surface area contributed by atoms with Gasteiger partial charge in [0, 0.05) is 21.1 Å². The van der Waals surface area contributed by atoms with E-state index in [1.54, 1.807) is 14.2 Å². The minimum atomic E-state index is -0.274. The van der Waals surface area contributed by atoms with Crippen LogP contribution in [-0.4, -0.2) is 41.3 Å². The van der Waals surface area contributed by atoms with Gasteiger partial charge in [0.05, 0.1) is 5.73 Å². The van der Waals surface area contributed by atoms with Crippen molar-refractivity contribution in [1.29, 1.82) is 0 Å². The van der Waals surface area contributed by atoms with Gasteiger partial charge in [0.15, 0.2) is 9.52 Å². The van der Waals surface area contributed by atoms with E-state index in [1.165, 1.54) is 6.92 Å². The Morgan fingerprint density at radius 1 is 1.38 bits per heavy atom. The van der Waals surface area contributed by atoms with Gasteiger partial charge in [-0.25, -0.2) is 0 Å². The molecule has 0 saturated heterocycles. The number of hydrogen-bond acceptors (Lipinski definition) is 4. The lowest BCUT2D eigenvalue weighted by Crippen LogP contribution is -2.34. The second-order valence-corrected chi connectivity index (χ2v) is 3.93. The summed E-state index contributed by atoms with van der Waals surface area (Å²) in [5.41, 5.74) is -0.0950. The Morgan fingerprint density at radius 3 is 2.23 bits per heavy atom. The maximum Gasteiger partial charge on any atom is 0.302 e. The fourth-order valence-corrected chi connectivity index (χ4v) is 1.87. The van der Waals surface area contributed by atoms with Crippen molar-refractivity contribution in [1.82, 2.24) is 0 Å². The van der Waals surface area contributed by atoms with Gasteiger partial charge in [-0.15, -0.1) is 0 Å². The largest absolute Gasteiger partial charge is 0.467 e. The fourth-order valence-electron chi connectivity index (χ4n) is 0.820. The molecule has 0 N–H and O–H groups in total. The van der Waals surface area contributed by atoms with E-state index in [1.807, 2.05) is 6.92 Å². The Kier molecular flexibility index (Phi) is 6.84. The van der Waals surface area contributed by atoms with Crippen LogP contribution in [0.4, 0.5) is 0 Å². The van der Waals surface area contributed by atoms with E-state index < -0.39 is 0 Å². The van der Waals surface area contributed by atoms with E-state index in [0.717, 1.165) is 6.42 Å². The lowest BCUT2D eigenvalue weighted by molar-refractivity contribution is -0.143. The molecule has 0 bridgehead atoms.